The Bertz CT molecular complexity index is 554. The minimum Gasteiger partial charge on any atom is -0.497 e. The zero-order valence-corrected chi connectivity index (χ0v) is 13.1. The van der Waals surface area contributed by atoms with E-state index in [0.29, 0.717) is 28.8 Å². The average Bonchev–Trinajstić information content (AvgIpc) is 2.86. The smallest absolute Gasteiger partial charge is 0.305 e. The van der Waals surface area contributed by atoms with Gasteiger partial charge in [-0.25, -0.2) is 0 Å². The predicted molar refractivity (Wildman–Crippen MR) is 78.6 cm³/mol. The van der Waals surface area contributed by atoms with Crippen molar-refractivity contribution in [1.82, 2.24) is 5.32 Å². The minimum atomic E-state index is -0.967. The van der Waals surface area contributed by atoms with Gasteiger partial charge in [0.05, 0.1) is 31.2 Å². The van der Waals surface area contributed by atoms with Gasteiger partial charge in [0.2, 0.25) is 0 Å². The van der Waals surface area contributed by atoms with Gasteiger partial charge in [-0.3, -0.25) is 9.59 Å². The number of hydrogen-bond acceptors (Lipinski definition) is 4. The topological polar surface area (TPSA) is 84.9 Å². The molecule has 1 amide bonds. The second kappa shape index (κ2) is 6.44. The van der Waals surface area contributed by atoms with Crippen LogP contribution in [-0.4, -0.2) is 42.8 Å². The third-order valence-electron chi connectivity index (χ3n) is 3.39. The van der Waals surface area contributed by atoms with Gasteiger partial charge in [-0.2, -0.15) is 0 Å². The summed E-state index contributed by atoms with van der Waals surface area (Å²) in [5.41, 5.74) is -0.461. The summed E-state index contributed by atoms with van der Waals surface area (Å²) in [5.74, 6) is -0.767. The highest BCUT2D eigenvalue weighted by Gasteiger charge is 2.39. The van der Waals surface area contributed by atoms with Gasteiger partial charge in [0, 0.05) is 11.1 Å². The SMILES string of the molecule is COc1ccc(Br)c(C(=O)NC2(CC(=O)O)CCOC2)c1. The number of halogens is 1. The Hall–Kier alpha value is -1.60. The summed E-state index contributed by atoms with van der Waals surface area (Å²) in [4.78, 5) is 23.4. The summed E-state index contributed by atoms with van der Waals surface area (Å²) in [7, 11) is 1.52. The number of carboxylic acid groups (broad SMARTS) is 1. The van der Waals surface area contributed by atoms with Crippen LogP contribution in [-0.2, 0) is 9.53 Å². The standard InChI is InChI=1S/C14H16BrNO5/c1-20-9-2-3-11(15)10(6-9)13(19)16-14(7-12(17)18)4-5-21-8-14/h2-3,6H,4-5,7-8H2,1H3,(H,16,19)(H,17,18). The number of ether oxygens (including phenoxy) is 2. The number of benzene rings is 1. The Morgan fingerprint density at radius 3 is 2.86 bits per heavy atom. The van der Waals surface area contributed by atoms with Crippen LogP contribution in [0.3, 0.4) is 0 Å². The van der Waals surface area contributed by atoms with Gasteiger partial charge in [-0.15, -0.1) is 0 Å². The molecule has 1 aliphatic rings. The van der Waals surface area contributed by atoms with Crippen LogP contribution in [0.4, 0.5) is 0 Å². The zero-order valence-electron chi connectivity index (χ0n) is 11.5. The Kier molecular flexibility index (Phi) is 4.84. The molecular weight excluding hydrogens is 342 g/mol. The van der Waals surface area contributed by atoms with Crippen molar-refractivity contribution >= 4 is 27.8 Å². The normalized spacial score (nSPS) is 21.0. The quantitative estimate of drug-likeness (QED) is 0.839. The number of nitrogens with one attached hydrogen (secondary N) is 1. The van der Waals surface area contributed by atoms with E-state index in [-0.39, 0.29) is 18.9 Å². The molecule has 0 aliphatic carbocycles. The molecule has 21 heavy (non-hydrogen) atoms. The molecule has 0 saturated carbocycles. The first-order valence-electron chi connectivity index (χ1n) is 6.41. The fourth-order valence-corrected chi connectivity index (χ4v) is 2.72. The number of methoxy groups -OCH3 is 1. The molecule has 0 aromatic heterocycles. The second-order valence-corrected chi connectivity index (χ2v) is 5.81. The molecule has 0 radical (unpaired) electrons. The number of carboxylic acids is 1. The molecule has 1 fully saturated rings. The molecule has 1 aromatic carbocycles. The number of aliphatic carboxylic acids is 1. The Morgan fingerprint density at radius 2 is 2.29 bits per heavy atom. The van der Waals surface area contributed by atoms with Gasteiger partial charge in [-0.05, 0) is 40.5 Å². The van der Waals surface area contributed by atoms with E-state index in [0.717, 1.165) is 0 Å². The van der Waals surface area contributed by atoms with E-state index in [1.807, 2.05) is 0 Å². The lowest BCUT2D eigenvalue weighted by atomic mass is 9.93. The van der Waals surface area contributed by atoms with E-state index in [4.69, 9.17) is 14.6 Å². The highest BCUT2D eigenvalue weighted by molar-refractivity contribution is 9.10. The highest BCUT2D eigenvalue weighted by Crippen LogP contribution is 2.26. The van der Waals surface area contributed by atoms with Crippen LogP contribution in [0.2, 0.25) is 0 Å². The van der Waals surface area contributed by atoms with E-state index in [9.17, 15) is 9.59 Å². The summed E-state index contributed by atoms with van der Waals surface area (Å²) in [6, 6.07) is 5.04. The van der Waals surface area contributed by atoms with Crippen molar-refractivity contribution in [1.29, 1.82) is 0 Å². The summed E-state index contributed by atoms with van der Waals surface area (Å²) < 4.78 is 11.0. The Labute approximate surface area is 130 Å². The van der Waals surface area contributed by atoms with Crippen molar-refractivity contribution in [3.63, 3.8) is 0 Å². The third kappa shape index (κ3) is 3.74. The first kappa shape index (κ1) is 15.8. The molecule has 1 unspecified atom stereocenters. The van der Waals surface area contributed by atoms with Crippen molar-refractivity contribution in [3.05, 3.63) is 28.2 Å². The van der Waals surface area contributed by atoms with Crippen molar-refractivity contribution < 1.29 is 24.2 Å². The van der Waals surface area contributed by atoms with Crippen LogP contribution in [0.1, 0.15) is 23.2 Å². The molecule has 0 bridgehead atoms. The van der Waals surface area contributed by atoms with Crippen molar-refractivity contribution in [2.75, 3.05) is 20.3 Å². The number of carbonyl (C=O) groups is 2. The van der Waals surface area contributed by atoms with Gasteiger partial charge in [0.25, 0.3) is 5.91 Å². The van der Waals surface area contributed by atoms with Crippen LogP contribution in [0.5, 0.6) is 5.75 Å². The van der Waals surface area contributed by atoms with Gasteiger partial charge < -0.3 is 19.9 Å². The van der Waals surface area contributed by atoms with Gasteiger partial charge in [0.15, 0.2) is 0 Å². The fourth-order valence-electron chi connectivity index (χ4n) is 2.29. The molecular formula is C14H16BrNO5. The van der Waals surface area contributed by atoms with Crippen LogP contribution < -0.4 is 10.1 Å². The van der Waals surface area contributed by atoms with Crippen LogP contribution in [0.25, 0.3) is 0 Å². The lowest BCUT2D eigenvalue weighted by Crippen LogP contribution is -2.50. The van der Waals surface area contributed by atoms with E-state index in [2.05, 4.69) is 21.2 Å². The zero-order chi connectivity index (χ0) is 15.5. The minimum absolute atomic E-state index is 0.166. The molecule has 1 aromatic rings. The van der Waals surface area contributed by atoms with Crippen LogP contribution in [0.15, 0.2) is 22.7 Å². The first-order chi connectivity index (χ1) is 9.96. The van der Waals surface area contributed by atoms with Gasteiger partial charge in [-0.1, -0.05) is 0 Å². The molecule has 2 N–H and O–H groups in total. The van der Waals surface area contributed by atoms with Crippen molar-refractivity contribution in [3.8, 4) is 5.75 Å². The van der Waals surface area contributed by atoms with Gasteiger partial charge >= 0.3 is 5.97 Å². The second-order valence-electron chi connectivity index (χ2n) is 4.95. The molecule has 114 valence electrons. The Morgan fingerprint density at radius 1 is 1.52 bits per heavy atom. The number of rotatable bonds is 5. The summed E-state index contributed by atoms with van der Waals surface area (Å²) in [6.45, 7) is 0.638. The van der Waals surface area contributed by atoms with Crippen molar-refractivity contribution in [2.24, 2.45) is 0 Å². The predicted octanol–water partition coefficient (Wildman–Crippen LogP) is 1.82. The maximum absolute atomic E-state index is 12.4. The number of carbonyl (C=O) groups excluding carboxylic acids is 1. The molecule has 1 atom stereocenters. The monoisotopic (exact) mass is 357 g/mol. The average molecular weight is 358 g/mol. The molecule has 2 rings (SSSR count). The largest absolute Gasteiger partial charge is 0.497 e. The van der Waals surface area contributed by atoms with E-state index in [1.165, 1.54) is 7.11 Å². The maximum atomic E-state index is 12.4. The Balaban J connectivity index is 2.21. The highest BCUT2D eigenvalue weighted by atomic mass is 79.9. The lowest BCUT2D eigenvalue weighted by molar-refractivity contribution is -0.138. The van der Waals surface area contributed by atoms with Crippen LogP contribution in [0, 0.1) is 0 Å². The summed E-state index contributed by atoms with van der Waals surface area (Å²) in [6.07, 6.45) is 0.312. The molecule has 0 spiro atoms. The van der Waals surface area contributed by atoms with E-state index in [1.54, 1.807) is 18.2 Å². The van der Waals surface area contributed by atoms with E-state index < -0.39 is 11.5 Å². The molecule has 1 saturated heterocycles. The van der Waals surface area contributed by atoms with E-state index >= 15 is 0 Å². The first-order valence-corrected chi connectivity index (χ1v) is 7.21. The molecule has 6 nitrogen and oxygen atoms in total. The summed E-state index contributed by atoms with van der Waals surface area (Å²) in [5, 5.41) is 11.8. The van der Waals surface area contributed by atoms with Gasteiger partial charge in [0.1, 0.15) is 5.75 Å². The molecule has 1 aliphatic heterocycles. The number of amides is 1. The van der Waals surface area contributed by atoms with Crippen LogP contribution >= 0.6 is 15.9 Å². The third-order valence-corrected chi connectivity index (χ3v) is 4.08. The number of hydrogen-bond donors (Lipinski definition) is 2. The molecule has 1 heterocycles. The summed E-state index contributed by atoms with van der Waals surface area (Å²) >= 11 is 3.31. The lowest BCUT2D eigenvalue weighted by Gasteiger charge is -2.27. The molecule has 7 heteroatoms. The van der Waals surface area contributed by atoms with Crippen molar-refractivity contribution in [2.45, 2.75) is 18.4 Å². The fraction of sp³-hybridized carbons (Fsp3) is 0.429. The maximum Gasteiger partial charge on any atom is 0.305 e.